The van der Waals surface area contributed by atoms with E-state index in [1.807, 2.05) is 27.8 Å². The van der Waals surface area contributed by atoms with Crippen LogP contribution in [0.2, 0.25) is 0 Å². The minimum Gasteiger partial charge on any atom is -0.350 e. The van der Waals surface area contributed by atoms with Crippen molar-refractivity contribution in [3.8, 4) is 0 Å². The van der Waals surface area contributed by atoms with Crippen LogP contribution < -0.4 is 5.32 Å². The Morgan fingerprint density at radius 3 is 2.58 bits per heavy atom. The molecule has 0 aliphatic heterocycles. The predicted octanol–water partition coefficient (Wildman–Crippen LogP) is 2.56. The Balaban J connectivity index is 2.50. The Morgan fingerprint density at radius 1 is 1.37 bits per heavy atom. The van der Waals surface area contributed by atoms with Crippen LogP contribution in [0, 0.1) is 5.82 Å². The Kier molecular flexibility index (Phi) is 5.48. The molecule has 0 saturated carbocycles. The highest BCUT2D eigenvalue weighted by atomic mass is 19.1. The van der Waals surface area contributed by atoms with E-state index in [-0.39, 0.29) is 23.8 Å². The monoisotopic (exact) mass is 266 g/mol. The van der Waals surface area contributed by atoms with Crippen molar-refractivity contribution in [2.45, 2.75) is 39.3 Å². The van der Waals surface area contributed by atoms with Gasteiger partial charge in [0.05, 0.1) is 6.54 Å². The minimum atomic E-state index is -0.233. The van der Waals surface area contributed by atoms with E-state index >= 15 is 0 Å². The molecule has 1 rings (SSSR count). The lowest BCUT2D eigenvalue weighted by Gasteiger charge is -2.26. The van der Waals surface area contributed by atoms with Gasteiger partial charge in [-0.25, -0.2) is 4.39 Å². The Hall–Kier alpha value is -1.42. The molecule has 0 aliphatic carbocycles. The van der Waals surface area contributed by atoms with E-state index in [0.717, 1.165) is 6.42 Å². The third kappa shape index (κ3) is 5.39. The van der Waals surface area contributed by atoms with E-state index < -0.39 is 0 Å². The third-order valence-electron chi connectivity index (χ3n) is 3.17. The zero-order chi connectivity index (χ0) is 14.5. The topological polar surface area (TPSA) is 32.3 Å². The number of halogens is 1. The number of carbonyl (C=O) groups is 1. The highest BCUT2D eigenvalue weighted by molar-refractivity contribution is 5.78. The predicted molar refractivity (Wildman–Crippen MR) is 75.2 cm³/mol. The molecule has 0 fully saturated rings. The largest absolute Gasteiger partial charge is 0.350 e. The quantitative estimate of drug-likeness (QED) is 0.858. The fourth-order valence-electron chi connectivity index (χ4n) is 1.72. The lowest BCUT2D eigenvalue weighted by atomic mass is 10.0. The van der Waals surface area contributed by atoms with Gasteiger partial charge in [-0.15, -0.1) is 0 Å². The molecule has 3 nitrogen and oxygen atoms in total. The van der Waals surface area contributed by atoms with Crippen LogP contribution in [0.5, 0.6) is 0 Å². The second-order valence-electron chi connectivity index (χ2n) is 5.55. The fourth-order valence-corrected chi connectivity index (χ4v) is 1.72. The molecule has 1 aromatic carbocycles. The van der Waals surface area contributed by atoms with Crippen LogP contribution >= 0.6 is 0 Å². The molecular weight excluding hydrogens is 243 g/mol. The van der Waals surface area contributed by atoms with Crippen molar-refractivity contribution in [2.75, 3.05) is 13.6 Å². The molecular formula is C15H23FN2O. The third-order valence-corrected chi connectivity index (χ3v) is 3.17. The van der Waals surface area contributed by atoms with Gasteiger partial charge in [0.15, 0.2) is 0 Å². The fraction of sp³-hybridized carbons (Fsp3) is 0.533. The first-order valence-electron chi connectivity index (χ1n) is 6.57. The number of rotatable bonds is 6. The minimum absolute atomic E-state index is 0.0364. The first-order valence-corrected chi connectivity index (χ1v) is 6.57. The molecule has 0 heterocycles. The number of benzene rings is 1. The number of nitrogens with zero attached hydrogens (tertiary/aromatic N) is 1. The van der Waals surface area contributed by atoms with Gasteiger partial charge in [0.25, 0.3) is 0 Å². The van der Waals surface area contributed by atoms with E-state index in [4.69, 9.17) is 0 Å². The zero-order valence-electron chi connectivity index (χ0n) is 12.2. The molecule has 106 valence electrons. The summed E-state index contributed by atoms with van der Waals surface area (Å²) >= 11 is 0. The summed E-state index contributed by atoms with van der Waals surface area (Å²) in [5, 5.41) is 2.96. The van der Waals surface area contributed by atoms with Gasteiger partial charge >= 0.3 is 0 Å². The van der Waals surface area contributed by atoms with Gasteiger partial charge in [0.1, 0.15) is 5.82 Å². The van der Waals surface area contributed by atoms with Crippen LogP contribution in [-0.4, -0.2) is 29.9 Å². The molecule has 0 radical (unpaired) electrons. The van der Waals surface area contributed by atoms with Crippen molar-refractivity contribution in [1.29, 1.82) is 0 Å². The van der Waals surface area contributed by atoms with Crippen LogP contribution in [0.15, 0.2) is 24.3 Å². The van der Waals surface area contributed by atoms with Crippen LogP contribution in [0.1, 0.15) is 32.8 Å². The smallest absolute Gasteiger partial charge is 0.234 e. The maximum Gasteiger partial charge on any atom is 0.234 e. The van der Waals surface area contributed by atoms with Crippen LogP contribution in [0.4, 0.5) is 4.39 Å². The average molecular weight is 266 g/mol. The molecule has 0 aromatic heterocycles. The highest BCUT2D eigenvalue weighted by Crippen LogP contribution is 2.09. The van der Waals surface area contributed by atoms with Gasteiger partial charge in [0.2, 0.25) is 5.91 Å². The summed E-state index contributed by atoms with van der Waals surface area (Å²) in [6.45, 7) is 6.69. The standard InChI is InChI=1S/C15H23FN2O/c1-5-15(2,3)17-14(19)11-18(4)10-12-8-6-7-9-13(12)16/h6-9H,5,10-11H2,1-4H3,(H,17,19). The van der Waals surface area contributed by atoms with E-state index in [0.29, 0.717) is 12.1 Å². The number of hydrogen-bond acceptors (Lipinski definition) is 2. The molecule has 0 aliphatic rings. The number of carbonyl (C=O) groups excluding carboxylic acids is 1. The zero-order valence-corrected chi connectivity index (χ0v) is 12.2. The SMILES string of the molecule is CCC(C)(C)NC(=O)CN(C)Cc1ccccc1F. The summed E-state index contributed by atoms with van der Waals surface area (Å²) < 4.78 is 13.5. The van der Waals surface area contributed by atoms with Gasteiger partial charge in [-0.2, -0.15) is 0 Å². The normalized spacial score (nSPS) is 11.7. The lowest BCUT2D eigenvalue weighted by Crippen LogP contribution is -2.46. The lowest BCUT2D eigenvalue weighted by molar-refractivity contribution is -0.123. The van der Waals surface area contributed by atoms with E-state index in [1.54, 1.807) is 23.1 Å². The second kappa shape index (κ2) is 6.66. The van der Waals surface area contributed by atoms with Crippen molar-refractivity contribution in [1.82, 2.24) is 10.2 Å². The summed E-state index contributed by atoms with van der Waals surface area (Å²) in [6, 6.07) is 6.63. The van der Waals surface area contributed by atoms with E-state index in [1.165, 1.54) is 6.07 Å². The maximum absolute atomic E-state index is 13.5. The molecule has 0 bridgehead atoms. The van der Waals surface area contributed by atoms with Crippen molar-refractivity contribution in [2.24, 2.45) is 0 Å². The summed E-state index contributed by atoms with van der Waals surface area (Å²) in [5.41, 5.74) is 0.406. The summed E-state index contributed by atoms with van der Waals surface area (Å²) in [4.78, 5) is 13.7. The second-order valence-corrected chi connectivity index (χ2v) is 5.55. The first-order chi connectivity index (χ1) is 8.84. The maximum atomic E-state index is 13.5. The Labute approximate surface area is 114 Å². The number of likely N-dealkylation sites (N-methyl/N-ethyl adjacent to an activating group) is 1. The molecule has 0 atom stereocenters. The van der Waals surface area contributed by atoms with Gasteiger partial charge in [-0.05, 0) is 33.4 Å². The number of nitrogens with one attached hydrogen (secondary N) is 1. The van der Waals surface area contributed by atoms with Crippen molar-refractivity contribution in [3.63, 3.8) is 0 Å². The molecule has 1 N–H and O–H groups in total. The van der Waals surface area contributed by atoms with E-state index in [2.05, 4.69) is 5.32 Å². The van der Waals surface area contributed by atoms with Gasteiger partial charge in [0, 0.05) is 17.6 Å². The Bertz CT molecular complexity index is 432. The summed E-state index contributed by atoms with van der Waals surface area (Å²) in [5.74, 6) is -0.269. The molecule has 0 unspecified atom stereocenters. The van der Waals surface area contributed by atoms with Crippen molar-refractivity contribution >= 4 is 5.91 Å². The van der Waals surface area contributed by atoms with Gasteiger partial charge in [-0.3, -0.25) is 9.69 Å². The average Bonchev–Trinajstić information content (AvgIpc) is 2.31. The molecule has 4 heteroatoms. The summed E-state index contributed by atoms with van der Waals surface area (Å²) in [6.07, 6.45) is 0.871. The molecule has 1 amide bonds. The van der Waals surface area contributed by atoms with E-state index in [9.17, 15) is 9.18 Å². The van der Waals surface area contributed by atoms with Crippen LogP contribution in [0.25, 0.3) is 0 Å². The Morgan fingerprint density at radius 2 is 2.00 bits per heavy atom. The molecule has 19 heavy (non-hydrogen) atoms. The first kappa shape index (κ1) is 15.6. The number of hydrogen-bond donors (Lipinski definition) is 1. The highest BCUT2D eigenvalue weighted by Gasteiger charge is 2.18. The van der Waals surface area contributed by atoms with Crippen LogP contribution in [-0.2, 0) is 11.3 Å². The van der Waals surface area contributed by atoms with Crippen molar-refractivity contribution < 1.29 is 9.18 Å². The summed E-state index contributed by atoms with van der Waals surface area (Å²) in [7, 11) is 1.81. The molecule has 1 aromatic rings. The van der Waals surface area contributed by atoms with Gasteiger partial charge < -0.3 is 5.32 Å². The molecule has 0 saturated heterocycles. The number of amides is 1. The van der Waals surface area contributed by atoms with Crippen molar-refractivity contribution in [3.05, 3.63) is 35.6 Å². The van der Waals surface area contributed by atoms with Crippen LogP contribution in [0.3, 0.4) is 0 Å². The van der Waals surface area contributed by atoms with Gasteiger partial charge in [-0.1, -0.05) is 25.1 Å². The molecule has 0 spiro atoms.